The molecule has 4 aromatic rings. The van der Waals surface area contributed by atoms with Crippen molar-refractivity contribution in [2.24, 2.45) is 0 Å². The lowest BCUT2D eigenvalue weighted by molar-refractivity contribution is 0.0654. The van der Waals surface area contributed by atoms with E-state index < -0.39 is 6.10 Å². The highest BCUT2D eigenvalue weighted by Gasteiger charge is 2.23. The summed E-state index contributed by atoms with van der Waals surface area (Å²) in [7, 11) is 0. The largest absolute Gasteiger partial charge is 0.489 e. The maximum absolute atomic E-state index is 10.5. The van der Waals surface area contributed by atoms with Gasteiger partial charge in [0.25, 0.3) is 0 Å². The maximum Gasteiger partial charge on any atom is 0.120 e. The number of rotatable bonds is 7. The van der Waals surface area contributed by atoms with Crippen molar-refractivity contribution in [3.05, 3.63) is 102 Å². The second kappa shape index (κ2) is 8.30. The number of hydrogen-bond donors (Lipinski definition) is 2. The van der Waals surface area contributed by atoms with Gasteiger partial charge < -0.3 is 19.5 Å². The van der Waals surface area contributed by atoms with Crippen molar-refractivity contribution in [3.63, 3.8) is 0 Å². The van der Waals surface area contributed by atoms with Gasteiger partial charge in [0.15, 0.2) is 0 Å². The van der Waals surface area contributed by atoms with Crippen molar-refractivity contribution in [1.82, 2.24) is 4.57 Å². The molecule has 4 nitrogen and oxygen atoms in total. The third-order valence-corrected chi connectivity index (χ3v) is 4.93. The van der Waals surface area contributed by atoms with Crippen LogP contribution in [0.15, 0.2) is 91.1 Å². The molecule has 0 aliphatic carbocycles. The van der Waals surface area contributed by atoms with Crippen molar-refractivity contribution in [2.45, 2.75) is 18.8 Å². The lowest BCUT2D eigenvalue weighted by Gasteiger charge is -2.25. The summed E-state index contributed by atoms with van der Waals surface area (Å²) < 4.78 is 7.93. The number of aliphatic hydroxyl groups excluding tert-OH is 2. The predicted octanol–water partition coefficient (Wildman–Crippen LogP) is 4.16. The van der Waals surface area contributed by atoms with Crippen LogP contribution >= 0.6 is 0 Å². The van der Waals surface area contributed by atoms with Gasteiger partial charge in [0.1, 0.15) is 18.5 Å². The molecule has 0 bridgehead atoms. The Hall–Kier alpha value is -3.08. The Morgan fingerprint density at radius 2 is 1.57 bits per heavy atom. The SMILES string of the molecule is OC[C@@H](O)[C@H](c1ccccc1)n1ccc2cc(OCc3ccccc3)ccc21. The van der Waals surface area contributed by atoms with Crippen LogP contribution in [0.1, 0.15) is 17.2 Å². The molecule has 0 unspecified atom stereocenters. The molecule has 0 spiro atoms. The minimum Gasteiger partial charge on any atom is -0.489 e. The third-order valence-electron chi connectivity index (χ3n) is 4.93. The van der Waals surface area contributed by atoms with E-state index in [2.05, 4.69) is 0 Å². The van der Waals surface area contributed by atoms with Crippen LogP contribution < -0.4 is 4.74 Å². The molecule has 1 aromatic heterocycles. The Balaban J connectivity index is 1.63. The summed E-state index contributed by atoms with van der Waals surface area (Å²) >= 11 is 0. The van der Waals surface area contributed by atoms with Crippen molar-refractivity contribution >= 4 is 10.9 Å². The first-order valence-corrected chi connectivity index (χ1v) is 9.37. The fourth-order valence-corrected chi connectivity index (χ4v) is 3.53. The Kier molecular flexibility index (Phi) is 5.42. The van der Waals surface area contributed by atoms with E-state index in [-0.39, 0.29) is 12.6 Å². The van der Waals surface area contributed by atoms with Crippen LogP contribution in [0, 0.1) is 0 Å². The average molecular weight is 373 g/mol. The van der Waals surface area contributed by atoms with E-state index in [1.165, 1.54) is 0 Å². The average Bonchev–Trinajstić information content (AvgIpc) is 3.17. The molecule has 0 fully saturated rings. The molecule has 28 heavy (non-hydrogen) atoms. The number of hydrogen-bond acceptors (Lipinski definition) is 3. The normalized spacial score (nSPS) is 13.4. The topological polar surface area (TPSA) is 54.6 Å². The fraction of sp³-hybridized carbons (Fsp3) is 0.167. The third kappa shape index (κ3) is 3.79. The van der Waals surface area contributed by atoms with Gasteiger partial charge in [0, 0.05) is 17.1 Å². The van der Waals surface area contributed by atoms with Gasteiger partial charge in [0.05, 0.1) is 12.6 Å². The number of fused-ring (bicyclic) bond motifs is 1. The van der Waals surface area contributed by atoms with Crippen molar-refractivity contribution in [2.75, 3.05) is 6.61 Å². The van der Waals surface area contributed by atoms with E-state index in [0.29, 0.717) is 6.61 Å². The fourth-order valence-electron chi connectivity index (χ4n) is 3.53. The van der Waals surface area contributed by atoms with Crippen LogP contribution in [0.5, 0.6) is 5.75 Å². The summed E-state index contributed by atoms with van der Waals surface area (Å²) in [5.41, 5.74) is 3.05. The Bertz CT molecular complexity index is 1030. The van der Waals surface area contributed by atoms with E-state index in [9.17, 15) is 10.2 Å². The van der Waals surface area contributed by atoms with Crippen LogP contribution in [0.25, 0.3) is 10.9 Å². The lowest BCUT2D eigenvalue weighted by Crippen LogP contribution is -2.27. The standard InChI is InChI=1S/C24H23NO3/c26-16-23(27)24(19-9-5-2-6-10-19)25-14-13-20-15-21(11-12-22(20)25)28-17-18-7-3-1-4-8-18/h1-15,23-24,26-27H,16-17H2/t23-,24+/m1/s1. The summed E-state index contributed by atoms with van der Waals surface area (Å²) in [6.45, 7) is 0.209. The van der Waals surface area contributed by atoms with E-state index in [1.54, 1.807) is 0 Å². The molecule has 0 saturated heterocycles. The van der Waals surface area contributed by atoms with Gasteiger partial charge in [-0.2, -0.15) is 0 Å². The van der Waals surface area contributed by atoms with Crippen molar-refractivity contribution < 1.29 is 14.9 Å². The van der Waals surface area contributed by atoms with E-state index in [1.807, 2.05) is 95.7 Å². The van der Waals surface area contributed by atoms with Gasteiger partial charge in [0.2, 0.25) is 0 Å². The predicted molar refractivity (Wildman–Crippen MR) is 110 cm³/mol. The van der Waals surface area contributed by atoms with Gasteiger partial charge >= 0.3 is 0 Å². The molecular weight excluding hydrogens is 350 g/mol. The Morgan fingerprint density at radius 3 is 2.29 bits per heavy atom. The van der Waals surface area contributed by atoms with Crippen LogP contribution in [-0.4, -0.2) is 27.5 Å². The smallest absolute Gasteiger partial charge is 0.120 e. The molecule has 0 aliphatic rings. The zero-order valence-electron chi connectivity index (χ0n) is 15.5. The second-order valence-corrected chi connectivity index (χ2v) is 6.82. The van der Waals surface area contributed by atoms with Gasteiger partial charge in [-0.05, 0) is 35.4 Å². The number of aliphatic hydroxyl groups is 2. The molecule has 0 radical (unpaired) electrons. The number of nitrogens with zero attached hydrogens (tertiary/aromatic N) is 1. The highest BCUT2D eigenvalue weighted by molar-refractivity contribution is 5.82. The molecule has 0 saturated carbocycles. The van der Waals surface area contributed by atoms with Crippen LogP contribution in [0.3, 0.4) is 0 Å². The molecule has 4 heteroatoms. The van der Waals surface area contributed by atoms with Gasteiger partial charge in [-0.3, -0.25) is 0 Å². The molecule has 3 aromatic carbocycles. The highest BCUT2D eigenvalue weighted by atomic mass is 16.5. The van der Waals surface area contributed by atoms with Crippen LogP contribution in [0.2, 0.25) is 0 Å². The molecule has 0 amide bonds. The second-order valence-electron chi connectivity index (χ2n) is 6.82. The zero-order valence-corrected chi connectivity index (χ0v) is 15.5. The maximum atomic E-state index is 10.5. The minimum absolute atomic E-state index is 0.308. The molecular formula is C24H23NO3. The molecule has 4 rings (SSSR count). The first-order chi connectivity index (χ1) is 13.8. The molecule has 2 atom stereocenters. The van der Waals surface area contributed by atoms with Crippen LogP contribution in [-0.2, 0) is 6.61 Å². The lowest BCUT2D eigenvalue weighted by atomic mass is 10.0. The Labute approximate surface area is 164 Å². The van der Waals surface area contributed by atoms with E-state index in [4.69, 9.17) is 4.74 Å². The van der Waals surface area contributed by atoms with Crippen molar-refractivity contribution in [1.29, 1.82) is 0 Å². The van der Waals surface area contributed by atoms with Crippen LogP contribution in [0.4, 0.5) is 0 Å². The number of benzene rings is 3. The molecule has 1 heterocycles. The van der Waals surface area contributed by atoms with Gasteiger partial charge in [-0.25, -0.2) is 0 Å². The van der Waals surface area contributed by atoms with Gasteiger partial charge in [-0.1, -0.05) is 60.7 Å². The molecule has 142 valence electrons. The zero-order chi connectivity index (χ0) is 19.3. The summed E-state index contributed by atoms with van der Waals surface area (Å²) in [4.78, 5) is 0. The minimum atomic E-state index is -0.896. The summed E-state index contributed by atoms with van der Waals surface area (Å²) in [5.74, 6) is 0.799. The molecule has 2 N–H and O–H groups in total. The van der Waals surface area contributed by atoms with Gasteiger partial charge in [-0.15, -0.1) is 0 Å². The summed E-state index contributed by atoms with van der Waals surface area (Å²) in [6.07, 6.45) is 1.05. The number of ether oxygens (including phenoxy) is 1. The summed E-state index contributed by atoms with van der Waals surface area (Å²) in [5, 5.41) is 21.1. The monoisotopic (exact) mass is 373 g/mol. The Morgan fingerprint density at radius 1 is 0.857 bits per heavy atom. The highest BCUT2D eigenvalue weighted by Crippen LogP contribution is 2.30. The first-order valence-electron chi connectivity index (χ1n) is 9.37. The van der Waals surface area contributed by atoms with E-state index >= 15 is 0 Å². The quantitative estimate of drug-likeness (QED) is 0.511. The summed E-state index contributed by atoms with van der Waals surface area (Å²) in [6, 6.07) is 27.4. The number of aromatic nitrogens is 1. The first kappa shape index (κ1) is 18.3. The van der Waals surface area contributed by atoms with E-state index in [0.717, 1.165) is 27.8 Å². The molecule has 0 aliphatic heterocycles. The van der Waals surface area contributed by atoms with Crippen molar-refractivity contribution in [3.8, 4) is 5.75 Å².